The van der Waals surface area contributed by atoms with Crippen molar-refractivity contribution in [1.82, 2.24) is 4.90 Å². The summed E-state index contributed by atoms with van der Waals surface area (Å²) in [6, 6.07) is 0. The Labute approximate surface area is 92.0 Å². The minimum Gasteiger partial charge on any atom is -0.339 e. The van der Waals surface area contributed by atoms with Gasteiger partial charge in [0.05, 0.1) is 5.54 Å². The molecule has 2 atom stereocenters. The number of carbonyl (C=O) groups excluding carboxylic acids is 1. The lowest BCUT2D eigenvalue weighted by atomic mass is 9.86. The molecular formula is C12H22N2O. The second kappa shape index (κ2) is 3.78. The van der Waals surface area contributed by atoms with Crippen LogP contribution in [0.25, 0.3) is 0 Å². The second-order valence-corrected chi connectivity index (χ2v) is 5.42. The Kier molecular flexibility index (Phi) is 2.75. The molecule has 2 aliphatic rings. The molecule has 1 aliphatic carbocycles. The SMILES string of the molecule is CCC1(N)CN(C(=O)C2CCCC2C)C1. The van der Waals surface area contributed by atoms with E-state index in [1.807, 2.05) is 4.90 Å². The van der Waals surface area contributed by atoms with Crippen LogP contribution in [0.4, 0.5) is 0 Å². The fourth-order valence-corrected chi connectivity index (χ4v) is 2.84. The average Bonchev–Trinajstić information content (AvgIpc) is 2.58. The third kappa shape index (κ3) is 1.89. The van der Waals surface area contributed by atoms with Gasteiger partial charge in [-0.2, -0.15) is 0 Å². The van der Waals surface area contributed by atoms with Gasteiger partial charge in [-0.05, 0) is 25.2 Å². The molecule has 15 heavy (non-hydrogen) atoms. The molecule has 0 spiro atoms. The van der Waals surface area contributed by atoms with Crippen molar-refractivity contribution >= 4 is 5.91 Å². The van der Waals surface area contributed by atoms with Crippen molar-refractivity contribution in [3.63, 3.8) is 0 Å². The first-order valence-electron chi connectivity index (χ1n) is 6.13. The van der Waals surface area contributed by atoms with Crippen molar-refractivity contribution in [2.24, 2.45) is 17.6 Å². The summed E-state index contributed by atoms with van der Waals surface area (Å²) in [4.78, 5) is 14.1. The van der Waals surface area contributed by atoms with Crippen LogP contribution < -0.4 is 5.73 Å². The average molecular weight is 210 g/mol. The highest BCUT2D eigenvalue weighted by Crippen LogP contribution is 2.34. The van der Waals surface area contributed by atoms with Gasteiger partial charge in [0, 0.05) is 19.0 Å². The topological polar surface area (TPSA) is 46.3 Å². The van der Waals surface area contributed by atoms with Crippen LogP contribution in [0.2, 0.25) is 0 Å². The van der Waals surface area contributed by atoms with E-state index >= 15 is 0 Å². The van der Waals surface area contributed by atoms with Crippen LogP contribution in [-0.2, 0) is 4.79 Å². The van der Waals surface area contributed by atoms with E-state index in [0.717, 1.165) is 25.9 Å². The standard InChI is InChI=1S/C12H22N2O/c1-3-12(13)7-14(8-12)11(15)10-6-4-5-9(10)2/h9-10H,3-8,13H2,1-2H3. The number of rotatable bonds is 2. The first-order chi connectivity index (χ1) is 7.06. The van der Waals surface area contributed by atoms with Crippen LogP contribution in [-0.4, -0.2) is 29.4 Å². The largest absolute Gasteiger partial charge is 0.339 e. The molecule has 3 nitrogen and oxygen atoms in total. The van der Waals surface area contributed by atoms with Gasteiger partial charge in [0.2, 0.25) is 5.91 Å². The number of hydrogen-bond acceptors (Lipinski definition) is 2. The second-order valence-electron chi connectivity index (χ2n) is 5.42. The smallest absolute Gasteiger partial charge is 0.226 e. The lowest BCUT2D eigenvalue weighted by Crippen LogP contribution is -2.69. The van der Waals surface area contributed by atoms with Gasteiger partial charge in [0.25, 0.3) is 0 Å². The molecule has 1 amide bonds. The molecule has 0 aromatic rings. The van der Waals surface area contributed by atoms with Crippen LogP contribution in [0, 0.1) is 11.8 Å². The summed E-state index contributed by atoms with van der Waals surface area (Å²) in [6.07, 6.45) is 4.48. The highest BCUT2D eigenvalue weighted by molar-refractivity contribution is 5.80. The number of likely N-dealkylation sites (tertiary alicyclic amines) is 1. The predicted molar refractivity (Wildman–Crippen MR) is 60.3 cm³/mol. The van der Waals surface area contributed by atoms with Crippen LogP contribution in [0.3, 0.4) is 0 Å². The Balaban J connectivity index is 1.89. The number of hydrogen-bond donors (Lipinski definition) is 1. The number of carbonyl (C=O) groups is 1. The molecule has 1 saturated carbocycles. The van der Waals surface area contributed by atoms with Gasteiger partial charge >= 0.3 is 0 Å². The summed E-state index contributed by atoms with van der Waals surface area (Å²) >= 11 is 0. The summed E-state index contributed by atoms with van der Waals surface area (Å²) in [5.41, 5.74) is 5.98. The number of nitrogens with zero attached hydrogens (tertiary/aromatic N) is 1. The Morgan fingerprint density at radius 3 is 2.60 bits per heavy atom. The zero-order chi connectivity index (χ0) is 11.1. The van der Waals surface area contributed by atoms with E-state index in [2.05, 4.69) is 13.8 Å². The maximum absolute atomic E-state index is 12.1. The van der Waals surface area contributed by atoms with Crippen molar-refractivity contribution in [1.29, 1.82) is 0 Å². The highest BCUT2D eigenvalue weighted by atomic mass is 16.2. The first kappa shape index (κ1) is 10.9. The van der Waals surface area contributed by atoms with E-state index < -0.39 is 0 Å². The summed E-state index contributed by atoms with van der Waals surface area (Å²) in [7, 11) is 0. The lowest BCUT2D eigenvalue weighted by molar-refractivity contribution is -0.144. The minimum absolute atomic E-state index is 0.0858. The van der Waals surface area contributed by atoms with Gasteiger partial charge in [0.15, 0.2) is 0 Å². The molecule has 1 saturated heterocycles. The van der Waals surface area contributed by atoms with Gasteiger partial charge in [-0.25, -0.2) is 0 Å². The molecule has 0 radical (unpaired) electrons. The lowest BCUT2D eigenvalue weighted by Gasteiger charge is -2.48. The molecule has 0 aromatic carbocycles. The maximum Gasteiger partial charge on any atom is 0.226 e. The molecule has 3 heteroatoms. The van der Waals surface area contributed by atoms with E-state index in [9.17, 15) is 4.79 Å². The molecule has 0 aromatic heterocycles. The normalized spacial score (nSPS) is 33.9. The maximum atomic E-state index is 12.1. The molecule has 86 valence electrons. The van der Waals surface area contributed by atoms with Crippen LogP contribution in [0.15, 0.2) is 0 Å². The Morgan fingerprint density at radius 2 is 2.13 bits per heavy atom. The van der Waals surface area contributed by atoms with E-state index in [-0.39, 0.29) is 11.5 Å². The van der Waals surface area contributed by atoms with Crippen molar-refractivity contribution < 1.29 is 4.79 Å². The first-order valence-corrected chi connectivity index (χ1v) is 6.13. The third-order valence-corrected chi connectivity index (χ3v) is 4.21. The monoisotopic (exact) mass is 210 g/mol. The minimum atomic E-state index is -0.0858. The fourth-order valence-electron chi connectivity index (χ4n) is 2.84. The highest BCUT2D eigenvalue weighted by Gasteiger charge is 2.43. The van der Waals surface area contributed by atoms with E-state index in [1.165, 1.54) is 12.8 Å². The van der Waals surface area contributed by atoms with Crippen LogP contribution in [0.5, 0.6) is 0 Å². The Bertz CT molecular complexity index is 258. The van der Waals surface area contributed by atoms with Crippen LogP contribution >= 0.6 is 0 Å². The quantitative estimate of drug-likeness (QED) is 0.748. The number of amides is 1. The van der Waals surface area contributed by atoms with Crippen molar-refractivity contribution in [3.05, 3.63) is 0 Å². The number of nitrogens with two attached hydrogens (primary N) is 1. The van der Waals surface area contributed by atoms with E-state index in [1.54, 1.807) is 0 Å². The van der Waals surface area contributed by atoms with E-state index in [4.69, 9.17) is 5.73 Å². The van der Waals surface area contributed by atoms with Crippen LogP contribution in [0.1, 0.15) is 39.5 Å². The molecule has 1 aliphatic heterocycles. The van der Waals surface area contributed by atoms with Gasteiger partial charge in [0.1, 0.15) is 0 Å². The molecule has 1 heterocycles. The summed E-state index contributed by atoms with van der Waals surface area (Å²) < 4.78 is 0. The van der Waals surface area contributed by atoms with Crippen molar-refractivity contribution in [2.45, 2.75) is 45.1 Å². The van der Waals surface area contributed by atoms with Gasteiger partial charge < -0.3 is 10.6 Å². The van der Waals surface area contributed by atoms with Crippen molar-refractivity contribution in [2.75, 3.05) is 13.1 Å². The molecule has 0 bridgehead atoms. The Hall–Kier alpha value is -0.570. The van der Waals surface area contributed by atoms with E-state index in [0.29, 0.717) is 11.8 Å². The van der Waals surface area contributed by atoms with Crippen molar-refractivity contribution in [3.8, 4) is 0 Å². The summed E-state index contributed by atoms with van der Waals surface area (Å²) in [5.74, 6) is 1.22. The molecular weight excluding hydrogens is 188 g/mol. The zero-order valence-corrected chi connectivity index (χ0v) is 9.83. The zero-order valence-electron chi connectivity index (χ0n) is 9.83. The molecule has 2 N–H and O–H groups in total. The molecule has 2 fully saturated rings. The summed E-state index contributed by atoms with van der Waals surface area (Å²) in [5, 5.41) is 0. The van der Waals surface area contributed by atoms with Gasteiger partial charge in [-0.15, -0.1) is 0 Å². The predicted octanol–water partition coefficient (Wildman–Crippen LogP) is 1.37. The molecule has 2 unspecified atom stereocenters. The third-order valence-electron chi connectivity index (χ3n) is 4.21. The van der Waals surface area contributed by atoms with Gasteiger partial charge in [-0.1, -0.05) is 20.3 Å². The molecule has 2 rings (SSSR count). The Morgan fingerprint density at radius 1 is 1.47 bits per heavy atom. The fraction of sp³-hybridized carbons (Fsp3) is 0.917. The summed E-state index contributed by atoms with van der Waals surface area (Å²) in [6.45, 7) is 5.84. The van der Waals surface area contributed by atoms with Gasteiger partial charge in [-0.3, -0.25) is 4.79 Å².